The molecular weight excluding hydrogens is 218 g/mol. The van der Waals surface area contributed by atoms with Crippen molar-refractivity contribution in [3.8, 4) is 0 Å². The van der Waals surface area contributed by atoms with Crippen LogP contribution in [-0.4, -0.2) is 25.0 Å². The first kappa shape index (κ1) is 15.2. The fraction of sp³-hybridized carbons (Fsp3) is 0.385. The minimum Gasteiger partial charge on any atom is -0.467 e. The van der Waals surface area contributed by atoms with Crippen LogP contribution in [0.15, 0.2) is 30.3 Å². The number of hydrogen-bond acceptors (Lipinski definition) is 3. The van der Waals surface area contributed by atoms with Gasteiger partial charge in [-0.15, -0.1) is 0 Å². The number of carbonyl (C=O) groups excluding carboxylic acids is 2. The highest BCUT2D eigenvalue weighted by Crippen LogP contribution is 2.04. The van der Waals surface area contributed by atoms with Crippen LogP contribution in [-0.2, 0) is 20.7 Å². The standard InChI is InChI=1S/C12H15NO3.CH4/c1-9(14)13-11(12(15)16-2)8-10-6-4-3-5-7-10;/h3-7,11H,8H2,1-2H3,(H,13,14);1H4/t11-;/m0./s1. The van der Waals surface area contributed by atoms with Crippen molar-refractivity contribution in [2.75, 3.05) is 7.11 Å². The fourth-order valence-corrected chi connectivity index (χ4v) is 1.43. The lowest BCUT2D eigenvalue weighted by Gasteiger charge is -2.15. The molecular formula is C13H19NO3. The van der Waals surface area contributed by atoms with E-state index in [1.165, 1.54) is 14.0 Å². The number of methoxy groups -OCH3 is 1. The van der Waals surface area contributed by atoms with Gasteiger partial charge < -0.3 is 10.1 Å². The van der Waals surface area contributed by atoms with Gasteiger partial charge in [-0.2, -0.15) is 0 Å². The molecule has 0 heterocycles. The number of hydrogen-bond donors (Lipinski definition) is 1. The molecule has 1 N–H and O–H groups in total. The van der Waals surface area contributed by atoms with Crippen LogP contribution < -0.4 is 5.32 Å². The second kappa shape index (κ2) is 7.44. The van der Waals surface area contributed by atoms with Gasteiger partial charge in [0, 0.05) is 13.3 Å². The maximum absolute atomic E-state index is 11.4. The number of esters is 1. The van der Waals surface area contributed by atoms with Gasteiger partial charge in [0.2, 0.25) is 5.91 Å². The first-order chi connectivity index (χ1) is 7.63. The summed E-state index contributed by atoms with van der Waals surface area (Å²) in [5.41, 5.74) is 0.978. The summed E-state index contributed by atoms with van der Waals surface area (Å²) in [6, 6.07) is 8.85. The third kappa shape index (κ3) is 5.15. The lowest BCUT2D eigenvalue weighted by atomic mass is 10.1. The van der Waals surface area contributed by atoms with Crippen LogP contribution in [0.4, 0.5) is 0 Å². The fourth-order valence-electron chi connectivity index (χ4n) is 1.43. The normalized spacial score (nSPS) is 10.9. The number of rotatable bonds is 4. The lowest BCUT2D eigenvalue weighted by molar-refractivity contribution is -0.144. The Morgan fingerprint density at radius 2 is 1.88 bits per heavy atom. The van der Waals surface area contributed by atoms with E-state index in [0.717, 1.165) is 5.56 Å². The first-order valence-corrected chi connectivity index (χ1v) is 5.02. The summed E-state index contributed by atoms with van der Waals surface area (Å²) < 4.78 is 4.63. The molecule has 1 aromatic rings. The van der Waals surface area contributed by atoms with E-state index in [1.807, 2.05) is 30.3 Å². The van der Waals surface area contributed by atoms with Gasteiger partial charge >= 0.3 is 5.97 Å². The molecule has 0 fully saturated rings. The number of amides is 1. The van der Waals surface area contributed by atoms with Crippen LogP contribution in [0, 0.1) is 0 Å². The van der Waals surface area contributed by atoms with Crippen LogP contribution >= 0.6 is 0 Å². The van der Waals surface area contributed by atoms with Gasteiger partial charge in [0.1, 0.15) is 6.04 Å². The maximum atomic E-state index is 11.4. The van der Waals surface area contributed by atoms with E-state index in [0.29, 0.717) is 6.42 Å². The quantitative estimate of drug-likeness (QED) is 0.808. The Balaban J connectivity index is 0.00000256. The molecule has 4 heteroatoms. The molecule has 0 spiro atoms. The average Bonchev–Trinajstić information content (AvgIpc) is 2.28. The molecule has 0 aromatic heterocycles. The van der Waals surface area contributed by atoms with Crippen molar-refractivity contribution < 1.29 is 14.3 Å². The number of benzene rings is 1. The lowest BCUT2D eigenvalue weighted by Crippen LogP contribution is -2.41. The zero-order chi connectivity index (χ0) is 12.0. The zero-order valence-electron chi connectivity index (χ0n) is 9.40. The van der Waals surface area contributed by atoms with Crippen molar-refractivity contribution in [1.82, 2.24) is 5.32 Å². The highest BCUT2D eigenvalue weighted by atomic mass is 16.5. The van der Waals surface area contributed by atoms with Gasteiger partial charge in [-0.25, -0.2) is 4.79 Å². The van der Waals surface area contributed by atoms with E-state index in [9.17, 15) is 9.59 Å². The molecule has 94 valence electrons. The van der Waals surface area contributed by atoms with Gasteiger partial charge in [-0.1, -0.05) is 37.8 Å². The molecule has 1 rings (SSSR count). The summed E-state index contributed by atoms with van der Waals surface area (Å²) in [5, 5.41) is 2.57. The molecule has 0 unspecified atom stereocenters. The average molecular weight is 237 g/mol. The van der Waals surface area contributed by atoms with E-state index < -0.39 is 12.0 Å². The van der Waals surface area contributed by atoms with E-state index in [2.05, 4.69) is 10.1 Å². The SMILES string of the molecule is C.COC(=O)[C@H](Cc1ccccc1)NC(C)=O. The smallest absolute Gasteiger partial charge is 0.328 e. The van der Waals surface area contributed by atoms with E-state index >= 15 is 0 Å². The van der Waals surface area contributed by atoms with Crippen molar-refractivity contribution in [2.45, 2.75) is 26.8 Å². The highest BCUT2D eigenvalue weighted by molar-refractivity contribution is 5.83. The molecule has 4 nitrogen and oxygen atoms in total. The Kier molecular flexibility index (Phi) is 6.63. The third-order valence-corrected chi connectivity index (χ3v) is 2.15. The van der Waals surface area contributed by atoms with Crippen molar-refractivity contribution in [1.29, 1.82) is 0 Å². The Bertz CT molecular complexity index is 362. The van der Waals surface area contributed by atoms with Crippen molar-refractivity contribution >= 4 is 11.9 Å². The van der Waals surface area contributed by atoms with Gasteiger partial charge in [0.25, 0.3) is 0 Å². The monoisotopic (exact) mass is 237 g/mol. The Morgan fingerprint density at radius 3 is 2.35 bits per heavy atom. The van der Waals surface area contributed by atoms with Crippen LogP contribution in [0.25, 0.3) is 0 Å². The molecule has 0 aliphatic heterocycles. The van der Waals surface area contributed by atoms with E-state index in [-0.39, 0.29) is 13.3 Å². The molecule has 0 saturated heterocycles. The van der Waals surface area contributed by atoms with E-state index in [1.54, 1.807) is 0 Å². The second-order valence-corrected chi connectivity index (χ2v) is 3.47. The number of nitrogens with one attached hydrogen (secondary N) is 1. The maximum Gasteiger partial charge on any atom is 0.328 e. The topological polar surface area (TPSA) is 55.4 Å². The van der Waals surface area contributed by atoms with E-state index in [4.69, 9.17) is 0 Å². The summed E-state index contributed by atoms with van der Waals surface area (Å²) in [6.45, 7) is 1.38. The van der Waals surface area contributed by atoms with Crippen molar-refractivity contribution in [3.05, 3.63) is 35.9 Å². The minimum atomic E-state index is -0.620. The van der Waals surface area contributed by atoms with Crippen LogP contribution in [0.1, 0.15) is 19.9 Å². The zero-order valence-corrected chi connectivity index (χ0v) is 9.40. The molecule has 0 aliphatic carbocycles. The Morgan fingerprint density at radius 1 is 1.29 bits per heavy atom. The third-order valence-electron chi connectivity index (χ3n) is 2.15. The Labute approximate surface area is 102 Å². The van der Waals surface area contributed by atoms with Gasteiger partial charge in [-0.3, -0.25) is 4.79 Å². The number of carbonyl (C=O) groups is 2. The first-order valence-electron chi connectivity index (χ1n) is 5.02. The predicted molar refractivity (Wildman–Crippen MR) is 66.5 cm³/mol. The van der Waals surface area contributed by atoms with Crippen molar-refractivity contribution in [2.24, 2.45) is 0 Å². The molecule has 1 amide bonds. The summed E-state index contributed by atoms with van der Waals surface area (Å²) >= 11 is 0. The minimum absolute atomic E-state index is 0. The summed E-state index contributed by atoms with van der Waals surface area (Å²) in [7, 11) is 1.31. The van der Waals surface area contributed by atoms with Crippen molar-refractivity contribution in [3.63, 3.8) is 0 Å². The van der Waals surface area contributed by atoms with Gasteiger partial charge in [-0.05, 0) is 5.56 Å². The van der Waals surface area contributed by atoms with Gasteiger partial charge in [0.05, 0.1) is 7.11 Å². The van der Waals surface area contributed by atoms with Gasteiger partial charge in [0.15, 0.2) is 0 Å². The van der Waals surface area contributed by atoms with Crippen LogP contribution in [0.3, 0.4) is 0 Å². The number of ether oxygens (including phenoxy) is 1. The molecule has 0 bridgehead atoms. The molecule has 0 saturated carbocycles. The summed E-state index contributed by atoms with van der Waals surface area (Å²) in [5.74, 6) is -0.676. The Hall–Kier alpha value is -1.84. The van der Waals surface area contributed by atoms with Crippen LogP contribution in [0.2, 0.25) is 0 Å². The predicted octanol–water partition coefficient (Wildman–Crippen LogP) is 1.54. The highest BCUT2D eigenvalue weighted by Gasteiger charge is 2.20. The largest absolute Gasteiger partial charge is 0.467 e. The summed E-state index contributed by atoms with van der Waals surface area (Å²) in [4.78, 5) is 22.4. The molecule has 1 aromatic carbocycles. The second-order valence-electron chi connectivity index (χ2n) is 3.47. The van der Waals surface area contributed by atoms with Crippen LogP contribution in [0.5, 0.6) is 0 Å². The molecule has 0 aliphatic rings. The summed E-state index contributed by atoms with van der Waals surface area (Å²) in [6.07, 6.45) is 0.438. The molecule has 0 radical (unpaired) electrons. The molecule has 17 heavy (non-hydrogen) atoms. The molecule has 1 atom stereocenters.